The molecule has 0 saturated carbocycles. The van der Waals surface area contributed by atoms with Crippen LogP contribution < -0.4 is 10.6 Å². The predicted molar refractivity (Wildman–Crippen MR) is 125 cm³/mol. The Kier molecular flexibility index (Phi) is 9.89. The standard InChI is InChI=1S/C24H37N5O2/c1-3-25-24(26-11-7-12-29-13-16-30-17-14-29)27-18-21-8-4-5-9-22(21)19-28(2)20-23-10-6-15-31-23/h4-6,8-10,15H,3,7,11-14,16-20H2,1-2H3,(H2,25,26,27). The van der Waals surface area contributed by atoms with Gasteiger partial charge in [0.25, 0.3) is 0 Å². The Bertz CT molecular complexity index is 772. The number of hydrogen-bond acceptors (Lipinski definition) is 5. The van der Waals surface area contributed by atoms with Crippen molar-refractivity contribution in [3.8, 4) is 0 Å². The average molecular weight is 428 g/mol. The van der Waals surface area contributed by atoms with Gasteiger partial charge in [-0.05, 0) is 50.2 Å². The normalized spacial score (nSPS) is 15.4. The quantitative estimate of drug-likeness (QED) is 0.327. The molecule has 0 unspecified atom stereocenters. The number of rotatable bonds is 11. The average Bonchev–Trinajstić information content (AvgIpc) is 3.29. The SMILES string of the molecule is CCNC(=NCc1ccccc1CN(C)Cc1ccco1)NCCCN1CCOCC1. The number of guanidine groups is 1. The monoisotopic (exact) mass is 427 g/mol. The fraction of sp³-hybridized carbons (Fsp3) is 0.542. The molecule has 1 aromatic heterocycles. The third-order valence-corrected chi connectivity index (χ3v) is 5.36. The third kappa shape index (κ3) is 8.36. The number of nitrogens with one attached hydrogen (secondary N) is 2. The molecule has 0 spiro atoms. The van der Waals surface area contributed by atoms with Gasteiger partial charge in [-0.15, -0.1) is 0 Å². The molecule has 1 fully saturated rings. The van der Waals surface area contributed by atoms with E-state index in [9.17, 15) is 0 Å². The van der Waals surface area contributed by atoms with E-state index in [1.807, 2.05) is 12.1 Å². The van der Waals surface area contributed by atoms with Crippen LogP contribution in [0.2, 0.25) is 0 Å². The highest BCUT2D eigenvalue weighted by atomic mass is 16.5. The summed E-state index contributed by atoms with van der Waals surface area (Å²) < 4.78 is 10.9. The number of nitrogens with zero attached hydrogens (tertiary/aromatic N) is 3. The van der Waals surface area contributed by atoms with E-state index in [2.05, 4.69) is 58.7 Å². The zero-order valence-corrected chi connectivity index (χ0v) is 19.0. The Balaban J connectivity index is 1.49. The molecule has 1 aromatic carbocycles. The molecule has 3 rings (SSSR count). The second kappa shape index (κ2) is 13.1. The van der Waals surface area contributed by atoms with Gasteiger partial charge in [0, 0.05) is 32.7 Å². The molecule has 7 nitrogen and oxygen atoms in total. The first-order valence-corrected chi connectivity index (χ1v) is 11.3. The number of furan rings is 1. The van der Waals surface area contributed by atoms with Crippen molar-refractivity contribution in [2.45, 2.75) is 33.0 Å². The van der Waals surface area contributed by atoms with E-state index in [1.165, 1.54) is 11.1 Å². The molecule has 7 heteroatoms. The van der Waals surface area contributed by atoms with Gasteiger partial charge in [0.15, 0.2) is 5.96 Å². The molecule has 1 aliphatic heterocycles. The fourth-order valence-corrected chi connectivity index (χ4v) is 3.72. The summed E-state index contributed by atoms with van der Waals surface area (Å²) in [6.45, 7) is 11.1. The summed E-state index contributed by atoms with van der Waals surface area (Å²) in [6.07, 6.45) is 2.82. The Labute approximate surface area is 186 Å². The van der Waals surface area contributed by atoms with Gasteiger partial charge in [0.1, 0.15) is 5.76 Å². The van der Waals surface area contributed by atoms with E-state index in [-0.39, 0.29) is 0 Å². The van der Waals surface area contributed by atoms with E-state index >= 15 is 0 Å². The minimum absolute atomic E-state index is 0.656. The molecule has 0 aliphatic carbocycles. The largest absolute Gasteiger partial charge is 0.468 e. The number of hydrogen-bond donors (Lipinski definition) is 2. The lowest BCUT2D eigenvalue weighted by Crippen LogP contribution is -2.40. The van der Waals surface area contributed by atoms with Gasteiger partial charge in [-0.3, -0.25) is 9.80 Å². The molecule has 0 radical (unpaired) electrons. The first-order valence-electron chi connectivity index (χ1n) is 11.3. The van der Waals surface area contributed by atoms with Crippen molar-refractivity contribution in [1.29, 1.82) is 0 Å². The van der Waals surface area contributed by atoms with Crippen LogP contribution in [0, 0.1) is 0 Å². The maximum absolute atomic E-state index is 5.47. The van der Waals surface area contributed by atoms with Crippen LogP contribution in [0.25, 0.3) is 0 Å². The lowest BCUT2D eigenvalue weighted by molar-refractivity contribution is 0.0376. The lowest BCUT2D eigenvalue weighted by atomic mass is 10.1. The van der Waals surface area contributed by atoms with Crippen molar-refractivity contribution < 1.29 is 9.15 Å². The van der Waals surface area contributed by atoms with Gasteiger partial charge in [0.05, 0.1) is 32.6 Å². The number of ether oxygens (including phenoxy) is 1. The first-order chi connectivity index (χ1) is 15.2. The molecule has 1 saturated heterocycles. The van der Waals surface area contributed by atoms with Crippen LogP contribution in [0.3, 0.4) is 0 Å². The minimum Gasteiger partial charge on any atom is -0.468 e. The topological polar surface area (TPSA) is 65.3 Å². The molecule has 170 valence electrons. The number of benzene rings is 1. The van der Waals surface area contributed by atoms with Crippen LogP contribution in [0.4, 0.5) is 0 Å². The third-order valence-electron chi connectivity index (χ3n) is 5.36. The Morgan fingerprint density at radius 2 is 1.87 bits per heavy atom. The maximum Gasteiger partial charge on any atom is 0.191 e. The van der Waals surface area contributed by atoms with E-state index in [4.69, 9.17) is 14.1 Å². The fourth-order valence-electron chi connectivity index (χ4n) is 3.72. The summed E-state index contributed by atoms with van der Waals surface area (Å²) in [7, 11) is 2.11. The highest BCUT2D eigenvalue weighted by Crippen LogP contribution is 2.14. The molecule has 0 amide bonds. The Hall–Kier alpha value is -2.35. The Morgan fingerprint density at radius 1 is 1.06 bits per heavy atom. The van der Waals surface area contributed by atoms with E-state index in [1.54, 1.807) is 6.26 Å². The van der Waals surface area contributed by atoms with Gasteiger partial charge in [-0.1, -0.05) is 24.3 Å². The van der Waals surface area contributed by atoms with Crippen molar-refractivity contribution in [1.82, 2.24) is 20.4 Å². The van der Waals surface area contributed by atoms with Crippen LogP contribution >= 0.6 is 0 Å². The molecule has 1 aliphatic rings. The zero-order valence-electron chi connectivity index (χ0n) is 19.0. The summed E-state index contributed by atoms with van der Waals surface area (Å²) in [5, 5.41) is 6.84. The lowest BCUT2D eigenvalue weighted by Gasteiger charge is -2.26. The van der Waals surface area contributed by atoms with E-state index < -0.39 is 0 Å². The van der Waals surface area contributed by atoms with Gasteiger partial charge >= 0.3 is 0 Å². The molecule has 2 aromatic rings. The minimum atomic E-state index is 0.656. The predicted octanol–water partition coefficient (Wildman–Crippen LogP) is 2.69. The van der Waals surface area contributed by atoms with Gasteiger partial charge < -0.3 is 19.8 Å². The number of aliphatic imine (C=N–C) groups is 1. The molecular weight excluding hydrogens is 390 g/mol. The second-order valence-electron chi connectivity index (χ2n) is 7.95. The summed E-state index contributed by atoms with van der Waals surface area (Å²) in [5.74, 6) is 1.86. The summed E-state index contributed by atoms with van der Waals surface area (Å²) in [6, 6.07) is 12.5. The van der Waals surface area contributed by atoms with Crippen LogP contribution in [0.15, 0.2) is 52.1 Å². The summed E-state index contributed by atoms with van der Waals surface area (Å²) >= 11 is 0. The zero-order chi connectivity index (χ0) is 21.7. The summed E-state index contributed by atoms with van der Waals surface area (Å²) in [5.41, 5.74) is 2.54. The maximum atomic E-state index is 5.47. The number of morpholine rings is 1. The van der Waals surface area contributed by atoms with E-state index in [0.29, 0.717) is 6.54 Å². The molecular formula is C24H37N5O2. The molecule has 0 bridgehead atoms. The molecule has 2 heterocycles. The summed E-state index contributed by atoms with van der Waals surface area (Å²) in [4.78, 5) is 9.56. The highest BCUT2D eigenvalue weighted by molar-refractivity contribution is 5.79. The van der Waals surface area contributed by atoms with Gasteiger partial charge in [-0.2, -0.15) is 0 Å². The van der Waals surface area contributed by atoms with Crippen LogP contribution in [-0.4, -0.2) is 68.7 Å². The van der Waals surface area contributed by atoms with Crippen molar-refractivity contribution in [3.63, 3.8) is 0 Å². The van der Waals surface area contributed by atoms with Gasteiger partial charge in [-0.25, -0.2) is 4.99 Å². The van der Waals surface area contributed by atoms with Crippen molar-refractivity contribution >= 4 is 5.96 Å². The highest BCUT2D eigenvalue weighted by Gasteiger charge is 2.10. The van der Waals surface area contributed by atoms with E-state index in [0.717, 1.165) is 77.2 Å². The van der Waals surface area contributed by atoms with Crippen molar-refractivity contribution in [2.75, 3.05) is 53.0 Å². The van der Waals surface area contributed by atoms with Crippen LogP contribution in [0.5, 0.6) is 0 Å². The first kappa shape index (κ1) is 23.3. The molecule has 0 atom stereocenters. The second-order valence-corrected chi connectivity index (χ2v) is 7.95. The van der Waals surface area contributed by atoms with Crippen LogP contribution in [-0.2, 0) is 24.4 Å². The Morgan fingerprint density at radius 3 is 2.61 bits per heavy atom. The molecule has 31 heavy (non-hydrogen) atoms. The molecule has 2 N–H and O–H groups in total. The van der Waals surface area contributed by atoms with Crippen LogP contribution in [0.1, 0.15) is 30.2 Å². The van der Waals surface area contributed by atoms with Crippen molar-refractivity contribution in [2.24, 2.45) is 4.99 Å². The van der Waals surface area contributed by atoms with Crippen molar-refractivity contribution in [3.05, 3.63) is 59.5 Å². The smallest absolute Gasteiger partial charge is 0.191 e. The van der Waals surface area contributed by atoms with Gasteiger partial charge in [0.2, 0.25) is 0 Å².